The Morgan fingerprint density at radius 1 is 1.05 bits per heavy atom. The zero-order chi connectivity index (χ0) is 25.8. The first kappa shape index (κ1) is 24.8. The third-order valence-electron chi connectivity index (χ3n) is 7.31. The van der Waals surface area contributed by atoms with Gasteiger partial charge in [-0.2, -0.15) is 0 Å². The van der Waals surface area contributed by atoms with Crippen molar-refractivity contribution in [2.24, 2.45) is 5.92 Å². The molecule has 1 N–H and O–H groups in total. The molecule has 1 aliphatic heterocycles. The molecule has 3 aromatic rings. The minimum Gasteiger partial charge on any atom is -0.490 e. The number of pyridine rings is 1. The highest BCUT2D eigenvalue weighted by molar-refractivity contribution is 6.03. The molecule has 2 aromatic carbocycles. The molecule has 0 radical (unpaired) electrons. The fraction of sp³-hybridized carbons (Fsp3) is 0.367. The van der Waals surface area contributed by atoms with E-state index in [1.54, 1.807) is 18.0 Å². The van der Waals surface area contributed by atoms with Gasteiger partial charge in [-0.1, -0.05) is 31.2 Å². The van der Waals surface area contributed by atoms with Gasteiger partial charge in [-0.25, -0.2) is 9.78 Å². The Morgan fingerprint density at radius 3 is 2.57 bits per heavy atom. The van der Waals surface area contributed by atoms with Crippen molar-refractivity contribution in [1.82, 2.24) is 4.98 Å². The fourth-order valence-corrected chi connectivity index (χ4v) is 5.12. The SMILES string of the molecule is CCc1ccccc1NC(=O)N1CCOc2cc(-c3ccc(OC4CCC(C(C)=O)CC4)nc3)ccc21. The lowest BCUT2D eigenvalue weighted by atomic mass is 9.85. The predicted octanol–water partition coefficient (Wildman–Crippen LogP) is 6.27. The molecule has 1 aliphatic carbocycles. The lowest BCUT2D eigenvalue weighted by Crippen LogP contribution is -2.40. The van der Waals surface area contributed by atoms with Crippen LogP contribution >= 0.6 is 0 Å². The van der Waals surface area contributed by atoms with Gasteiger partial charge in [-0.05, 0) is 74.4 Å². The first-order valence-electron chi connectivity index (χ1n) is 13.1. The molecule has 2 amide bonds. The third-order valence-corrected chi connectivity index (χ3v) is 7.31. The van der Waals surface area contributed by atoms with E-state index in [4.69, 9.17) is 9.47 Å². The number of hydrogen-bond acceptors (Lipinski definition) is 5. The summed E-state index contributed by atoms with van der Waals surface area (Å²) in [6.45, 7) is 4.66. The van der Waals surface area contributed by atoms with Crippen LogP contribution in [0.2, 0.25) is 0 Å². The molecule has 1 saturated carbocycles. The Hall–Kier alpha value is -3.87. The van der Waals surface area contributed by atoms with Crippen molar-refractivity contribution in [3.63, 3.8) is 0 Å². The predicted molar refractivity (Wildman–Crippen MR) is 144 cm³/mol. The minimum absolute atomic E-state index is 0.104. The molecule has 7 heteroatoms. The van der Waals surface area contributed by atoms with Crippen LogP contribution in [0.1, 0.15) is 45.1 Å². The number of carbonyl (C=O) groups is 2. The monoisotopic (exact) mass is 499 g/mol. The van der Waals surface area contributed by atoms with E-state index in [0.717, 1.165) is 60.2 Å². The van der Waals surface area contributed by atoms with Gasteiger partial charge < -0.3 is 14.8 Å². The minimum atomic E-state index is -0.168. The Bertz CT molecular complexity index is 1270. The van der Waals surface area contributed by atoms with Crippen LogP contribution in [-0.2, 0) is 11.2 Å². The van der Waals surface area contributed by atoms with E-state index in [0.29, 0.717) is 24.8 Å². The summed E-state index contributed by atoms with van der Waals surface area (Å²) in [6, 6.07) is 17.4. The number of ether oxygens (including phenoxy) is 2. The maximum Gasteiger partial charge on any atom is 0.326 e. The summed E-state index contributed by atoms with van der Waals surface area (Å²) in [7, 11) is 0. The highest BCUT2D eigenvalue weighted by Crippen LogP contribution is 2.36. The second-order valence-electron chi connectivity index (χ2n) is 9.71. The average Bonchev–Trinajstić information content (AvgIpc) is 2.93. The lowest BCUT2D eigenvalue weighted by Gasteiger charge is -2.30. The van der Waals surface area contributed by atoms with Gasteiger partial charge >= 0.3 is 6.03 Å². The summed E-state index contributed by atoms with van der Waals surface area (Å²) < 4.78 is 12.0. The Balaban J connectivity index is 1.26. The molecule has 0 unspecified atom stereocenters. The number of carbonyl (C=O) groups excluding carboxylic acids is 2. The Kier molecular flexibility index (Phi) is 7.40. The number of para-hydroxylation sites is 1. The number of amides is 2. The number of anilines is 2. The smallest absolute Gasteiger partial charge is 0.326 e. The first-order chi connectivity index (χ1) is 18.0. The van der Waals surface area contributed by atoms with Crippen molar-refractivity contribution in [2.75, 3.05) is 23.4 Å². The van der Waals surface area contributed by atoms with Crippen molar-refractivity contribution in [3.8, 4) is 22.8 Å². The number of ketones is 1. The van der Waals surface area contributed by atoms with E-state index in [1.165, 1.54) is 0 Å². The third kappa shape index (κ3) is 5.61. The lowest BCUT2D eigenvalue weighted by molar-refractivity contribution is -0.122. The summed E-state index contributed by atoms with van der Waals surface area (Å²) in [6.07, 6.45) is 6.27. The van der Waals surface area contributed by atoms with Gasteiger partial charge in [0.15, 0.2) is 0 Å². The van der Waals surface area contributed by atoms with E-state index >= 15 is 0 Å². The van der Waals surface area contributed by atoms with Crippen molar-refractivity contribution >= 4 is 23.2 Å². The maximum atomic E-state index is 13.1. The zero-order valence-electron chi connectivity index (χ0n) is 21.4. The number of benzene rings is 2. The second-order valence-corrected chi connectivity index (χ2v) is 9.71. The van der Waals surface area contributed by atoms with Crippen LogP contribution in [0, 0.1) is 5.92 Å². The largest absolute Gasteiger partial charge is 0.490 e. The normalized spacial score (nSPS) is 18.9. The topological polar surface area (TPSA) is 80.8 Å². The molecular formula is C30H33N3O4. The summed E-state index contributed by atoms with van der Waals surface area (Å²) in [4.78, 5) is 31.0. The molecule has 1 aromatic heterocycles. The molecule has 0 saturated heterocycles. The van der Waals surface area contributed by atoms with Crippen LogP contribution < -0.4 is 19.7 Å². The van der Waals surface area contributed by atoms with Gasteiger partial charge in [0.25, 0.3) is 0 Å². The van der Waals surface area contributed by atoms with E-state index in [9.17, 15) is 9.59 Å². The van der Waals surface area contributed by atoms with Gasteiger partial charge in [0.05, 0.1) is 12.2 Å². The number of nitrogens with zero attached hydrogens (tertiary/aromatic N) is 2. The summed E-state index contributed by atoms with van der Waals surface area (Å²) >= 11 is 0. The average molecular weight is 500 g/mol. The highest BCUT2D eigenvalue weighted by Gasteiger charge is 2.26. The van der Waals surface area contributed by atoms with Crippen molar-refractivity contribution in [1.29, 1.82) is 0 Å². The molecule has 0 spiro atoms. The quantitative estimate of drug-likeness (QED) is 0.432. The Labute approximate surface area is 217 Å². The standard InChI is InChI=1S/C30H33N3O4/c1-3-21-6-4-5-7-26(21)32-30(35)33-16-17-36-28-18-23(10-14-27(28)33)24-11-15-29(31-19-24)37-25-12-8-22(9-13-25)20(2)34/h4-7,10-11,14-15,18-19,22,25H,3,8-9,12-13,16-17H2,1-2H3,(H,32,35). The molecule has 1 fully saturated rings. The van der Waals surface area contributed by atoms with Crippen LogP contribution in [0.25, 0.3) is 11.1 Å². The second kappa shape index (κ2) is 11.0. The molecule has 192 valence electrons. The number of aromatic nitrogens is 1. The van der Waals surface area contributed by atoms with Crippen LogP contribution in [0.15, 0.2) is 60.8 Å². The van der Waals surface area contributed by atoms with Crippen molar-refractivity contribution in [3.05, 3.63) is 66.4 Å². The Morgan fingerprint density at radius 2 is 1.84 bits per heavy atom. The molecule has 37 heavy (non-hydrogen) atoms. The van der Waals surface area contributed by atoms with Crippen LogP contribution in [0.3, 0.4) is 0 Å². The van der Waals surface area contributed by atoms with Crippen molar-refractivity contribution < 1.29 is 19.1 Å². The molecule has 2 aliphatic rings. The number of urea groups is 1. The van der Waals surface area contributed by atoms with Gasteiger partial charge in [0.2, 0.25) is 5.88 Å². The van der Waals surface area contributed by atoms with E-state index in [2.05, 4.69) is 17.2 Å². The molecule has 7 nitrogen and oxygen atoms in total. The van der Waals surface area contributed by atoms with Gasteiger partial charge in [-0.3, -0.25) is 9.69 Å². The van der Waals surface area contributed by atoms with Gasteiger partial charge in [-0.15, -0.1) is 0 Å². The number of fused-ring (bicyclic) bond motifs is 1. The van der Waals surface area contributed by atoms with Gasteiger partial charge in [0, 0.05) is 29.4 Å². The fourth-order valence-electron chi connectivity index (χ4n) is 5.12. The summed E-state index contributed by atoms with van der Waals surface area (Å²) in [5, 5.41) is 3.06. The first-order valence-corrected chi connectivity index (χ1v) is 13.1. The number of hydrogen-bond donors (Lipinski definition) is 1. The van der Waals surface area contributed by atoms with E-state index < -0.39 is 0 Å². The van der Waals surface area contributed by atoms with Crippen LogP contribution in [0.5, 0.6) is 11.6 Å². The molecule has 0 atom stereocenters. The number of rotatable bonds is 6. The molecule has 2 heterocycles. The molecule has 0 bridgehead atoms. The summed E-state index contributed by atoms with van der Waals surface area (Å²) in [5.74, 6) is 1.72. The van der Waals surface area contributed by atoms with Gasteiger partial charge in [0.1, 0.15) is 24.2 Å². The maximum absolute atomic E-state index is 13.1. The number of aryl methyl sites for hydroxylation is 1. The van der Waals surface area contributed by atoms with E-state index in [-0.39, 0.29) is 23.8 Å². The molecule has 5 rings (SSSR count). The van der Waals surface area contributed by atoms with Crippen LogP contribution in [0.4, 0.5) is 16.2 Å². The number of Topliss-reactive ketones (excluding diaryl/α,β-unsaturated/α-hetero) is 1. The zero-order valence-corrected chi connectivity index (χ0v) is 21.4. The highest BCUT2D eigenvalue weighted by atomic mass is 16.5. The number of nitrogens with one attached hydrogen (secondary N) is 1. The van der Waals surface area contributed by atoms with Crippen molar-refractivity contribution in [2.45, 2.75) is 52.1 Å². The van der Waals surface area contributed by atoms with E-state index in [1.807, 2.05) is 54.6 Å². The summed E-state index contributed by atoms with van der Waals surface area (Å²) in [5.41, 5.74) is 4.58. The van der Waals surface area contributed by atoms with Crippen LogP contribution in [-0.4, -0.2) is 36.1 Å². The molecular weight excluding hydrogens is 466 g/mol.